The molecule has 4 aliphatic rings. The van der Waals surface area contributed by atoms with E-state index in [1.54, 1.807) is 7.11 Å². The minimum Gasteiger partial charge on any atom is -0.508 e. The highest BCUT2D eigenvalue weighted by molar-refractivity contribution is 6.04. The minimum absolute atomic E-state index is 0.0238. The Hall–Kier alpha value is -4.11. The summed E-state index contributed by atoms with van der Waals surface area (Å²) in [5.74, 6) is -0.0723. The molecular weight excluding hydrogens is 619 g/mol. The van der Waals surface area contributed by atoms with Crippen molar-refractivity contribution < 1.29 is 27.8 Å². The molecule has 4 aromatic rings. The average molecular weight is 658 g/mol. The van der Waals surface area contributed by atoms with Crippen LogP contribution < -0.4 is 15.0 Å². The molecule has 250 valence electrons. The molecule has 3 aliphatic heterocycles. The summed E-state index contributed by atoms with van der Waals surface area (Å²) in [6.07, 6.45) is 12.1. The molecule has 3 atom stereocenters. The van der Waals surface area contributed by atoms with E-state index in [4.69, 9.17) is 20.9 Å². The quantitative estimate of drug-likeness (QED) is 0.232. The number of rotatable bonds is 8. The van der Waals surface area contributed by atoms with E-state index in [2.05, 4.69) is 26.0 Å². The van der Waals surface area contributed by atoms with Crippen molar-refractivity contribution in [1.82, 2.24) is 20.2 Å². The Morgan fingerprint density at radius 3 is 2.56 bits per heavy atom. The summed E-state index contributed by atoms with van der Waals surface area (Å²) in [5.41, 5.74) is -0.838. The number of aromatic hydroxyl groups is 1. The first kappa shape index (κ1) is 31.2. The molecule has 3 saturated heterocycles. The molecule has 48 heavy (non-hydrogen) atoms. The zero-order valence-corrected chi connectivity index (χ0v) is 26.9. The SMILES string of the molecule is C#Cc1c(F)ccc2cc(O)cc(-c3c(F)cc4c(N5CC6CCC(C5)N6)nc(OCC5(CN6CCC[C@H](OC)C6)CC5)nc4c3F)c12. The molecule has 0 amide bonds. The van der Waals surface area contributed by atoms with E-state index in [-0.39, 0.29) is 62.8 Å². The summed E-state index contributed by atoms with van der Waals surface area (Å²) in [4.78, 5) is 13.8. The van der Waals surface area contributed by atoms with Gasteiger partial charge in [-0.15, -0.1) is 6.42 Å². The summed E-state index contributed by atoms with van der Waals surface area (Å²) >= 11 is 0. The number of terminal acetylenes is 1. The Balaban J connectivity index is 1.22. The van der Waals surface area contributed by atoms with E-state index >= 15 is 8.78 Å². The maximum atomic E-state index is 16.9. The van der Waals surface area contributed by atoms with E-state index in [1.165, 1.54) is 30.3 Å². The molecule has 3 aromatic carbocycles. The second-order valence-electron chi connectivity index (χ2n) is 14.0. The molecule has 0 spiro atoms. The standard InChI is InChI=1S/C37H38F3N5O3/c1-3-26-29(38)9-6-21-13-24(46)14-27(31(21)26)32-30(39)15-28-34(33(32)40)42-36(43-35(28)45-16-22-7-8-23(17-45)41-22)48-20-37(10-11-37)19-44-12-4-5-25(18-44)47-2/h1,6,9,13-15,22-23,25,41,46H,4-5,7-8,10-12,16-20H2,2H3/t22?,23?,25-/m0/s1. The number of piperidine rings is 1. The maximum absolute atomic E-state index is 16.9. The number of hydrogen-bond donors (Lipinski definition) is 2. The highest BCUT2D eigenvalue weighted by Gasteiger charge is 2.46. The minimum atomic E-state index is -0.962. The van der Waals surface area contributed by atoms with E-state index in [9.17, 15) is 9.50 Å². The van der Waals surface area contributed by atoms with Crippen LogP contribution in [0.15, 0.2) is 30.3 Å². The number of piperazine rings is 1. The Labute approximate surface area is 277 Å². The first-order chi connectivity index (χ1) is 23.2. The number of aromatic nitrogens is 2. The normalized spacial score (nSPS) is 23.5. The number of hydrogen-bond acceptors (Lipinski definition) is 8. The lowest BCUT2D eigenvalue weighted by Crippen LogP contribution is -2.51. The van der Waals surface area contributed by atoms with Crippen LogP contribution in [0.1, 0.15) is 44.1 Å². The third-order valence-electron chi connectivity index (χ3n) is 10.6. The van der Waals surface area contributed by atoms with Crippen LogP contribution in [0.3, 0.4) is 0 Å². The van der Waals surface area contributed by atoms with Crippen molar-refractivity contribution in [2.45, 2.75) is 56.7 Å². The molecule has 1 aromatic heterocycles. The third-order valence-corrected chi connectivity index (χ3v) is 10.6. The van der Waals surface area contributed by atoms with E-state index in [1.807, 2.05) is 0 Å². The van der Waals surface area contributed by atoms with Crippen LogP contribution in [-0.4, -0.2) is 84.6 Å². The van der Waals surface area contributed by atoms with Crippen molar-refractivity contribution in [3.8, 4) is 35.2 Å². The van der Waals surface area contributed by atoms with Gasteiger partial charge in [0.25, 0.3) is 0 Å². The Morgan fingerprint density at radius 2 is 1.83 bits per heavy atom. The molecule has 2 unspecified atom stereocenters. The van der Waals surface area contributed by atoms with E-state index in [0.717, 1.165) is 58.2 Å². The second kappa shape index (κ2) is 12.1. The van der Waals surface area contributed by atoms with Gasteiger partial charge in [-0.3, -0.25) is 0 Å². The fraction of sp³-hybridized carbons (Fsp3) is 0.459. The van der Waals surface area contributed by atoms with Gasteiger partial charge in [0.2, 0.25) is 0 Å². The topological polar surface area (TPSA) is 83.0 Å². The first-order valence-electron chi connectivity index (χ1n) is 16.7. The Morgan fingerprint density at radius 1 is 1.04 bits per heavy atom. The largest absolute Gasteiger partial charge is 0.508 e. The molecule has 8 nitrogen and oxygen atoms in total. The molecule has 4 heterocycles. The number of nitrogens with zero attached hydrogens (tertiary/aromatic N) is 4. The number of benzene rings is 3. The van der Waals surface area contributed by atoms with Gasteiger partial charge >= 0.3 is 6.01 Å². The number of anilines is 1. The first-order valence-corrected chi connectivity index (χ1v) is 16.7. The highest BCUT2D eigenvalue weighted by Crippen LogP contribution is 2.47. The monoisotopic (exact) mass is 657 g/mol. The van der Waals surface area contributed by atoms with Crippen LogP contribution in [0.5, 0.6) is 11.8 Å². The lowest BCUT2D eigenvalue weighted by molar-refractivity contribution is 0.0200. The van der Waals surface area contributed by atoms with Gasteiger partial charge in [0.15, 0.2) is 5.82 Å². The molecule has 2 bridgehead atoms. The zero-order valence-electron chi connectivity index (χ0n) is 26.9. The molecule has 1 aliphatic carbocycles. The van der Waals surface area contributed by atoms with Gasteiger partial charge in [0, 0.05) is 67.1 Å². The lowest BCUT2D eigenvalue weighted by atomic mass is 9.92. The van der Waals surface area contributed by atoms with Gasteiger partial charge in [0.05, 0.1) is 23.8 Å². The van der Waals surface area contributed by atoms with Crippen LogP contribution >= 0.6 is 0 Å². The second-order valence-corrected chi connectivity index (χ2v) is 14.0. The van der Waals surface area contributed by atoms with Crippen LogP contribution in [0.2, 0.25) is 0 Å². The van der Waals surface area contributed by atoms with Gasteiger partial charge in [-0.25, -0.2) is 13.2 Å². The third kappa shape index (κ3) is 5.59. The van der Waals surface area contributed by atoms with Crippen molar-refractivity contribution >= 4 is 27.5 Å². The van der Waals surface area contributed by atoms with Crippen LogP contribution in [0.4, 0.5) is 19.0 Å². The molecule has 1 saturated carbocycles. The number of halogens is 3. The van der Waals surface area contributed by atoms with Gasteiger partial charge in [-0.05, 0) is 74.7 Å². The zero-order chi connectivity index (χ0) is 33.2. The smallest absolute Gasteiger partial charge is 0.319 e. The summed E-state index contributed by atoms with van der Waals surface area (Å²) in [5, 5.41) is 14.8. The van der Waals surface area contributed by atoms with Gasteiger partial charge in [-0.1, -0.05) is 12.0 Å². The van der Waals surface area contributed by atoms with E-state index < -0.39 is 23.0 Å². The molecular formula is C37H38F3N5O3. The number of fused-ring (bicyclic) bond motifs is 4. The number of methoxy groups -OCH3 is 1. The average Bonchev–Trinajstić information content (AvgIpc) is 3.76. The molecule has 4 fully saturated rings. The number of likely N-dealkylation sites (tertiary alicyclic amines) is 1. The molecule has 2 N–H and O–H groups in total. The number of nitrogens with one attached hydrogen (secondary N) is 1. The Bertz CT molecular complexity index is 1950. The molecule has 11 heteroatoms. The fourth-order valence-corrected chi connectivity index (χ4v) is 8.01. The predicted molar refractivity (Wildman–Crippen MR) is 178 cm³/mol. The Kier molecular flexibility index (Phi) is 7.85. The summed E-state index contributed by atoms with van der Waals surface area (Å²) < 4.78 is 60.0. The highest BCUT2D eigenvalue weighted by atomic mass is 19.1. The maximum Gasteiger partial charge on any atom is 0.319 e. The van der Waals surface area contributed by atoms with Crippen molar-refractivity contribution in [2.24, 2.45) is 5.41 Å². The van der Waals surface area contributed by atoms with Gasteiger partial charge in [-0.2, -0.15) is 9.97 Å². The number of phenolic OH excluding ortho intramolecular Hbond substituents is 1. The summed E-state index contributed by atoms with van der Waals surface area (Å²) in [7, 11) is 1.76. The summed E-state index contributed by atoms with van der Waals surface area (Å²) in [6.45, 7) is 4.41. The van der Waals surface area contributed by atoms with Gasteiger partial charge < -0.3 is 29.7 Å². The van der Waals surface area contributed by atoms with Crippen LogP contribution in [0.25, 0.3) is 32.8 Å². The van der Waals surface area contributed by atoms with E-state index in [0.29, 0.717) is 30.9 Å². The molecule has 0 radical (unpaired) electrons. The van der Waals surface area contributed by atoms with Crippen molar-refractivity contribution in [3.63, 3.8) is 0 Å². The van der Waals surface area contributed by atoms with Crippen molar-refractivity contribution in [1.29, 1.82) is 0 Å². The lowest BCUT2D eigenvalue weighted by Gasteiger charge is -2.35. The van der Waals surface area contributed by atoms with Crippen molar-refractivity contribution in [2.75, 3.05) is 51.3 Å². The number of ether oxygens (including phenoxy) is 2. The van der Waals surface area contributed by atoms with Gasteiger partial charge in [0.1, 0.15) is 28.7 Å². The van der Waals surface area contributed by atoms with Crippen molar-refractivity contribution in [3.05, 3.63) is 53.3 Å². The van der Waals surface area contributed by atoms with Crippen LogP contribution in [-0.2, 0) is 4.74 Å². The number of phenols is 1. The fourth-order valence-electron chi connectivity index (χ4n) is 8.01. The molecule has 8 rings (SSSR count). The predicted octanol–water partition coefficient (Wildman–Crippen LogP) is 5.76. The van der Waals surface area contributed by atoms with Crippen LogP contribution in [0, 0.1) is 35.2 Å². The summed E-state index contributed by atoms with van der Waals surface area (Å²) in [6, 6.07) is 6.93.